The van der Waals surface area contributed by atoms with E-state index in [0.29, 0.717) is 5.92 Å². The summed E-state index contributed by atoms with van der Waals surface area (Å²) in [6, 6.07) is 6.12. The lowest BCUT2D eigenvalue weighted by molar-refractivity contribution is 0.198. The van der Waals surface area contributed by atoms with E-state index in [2.05, 4.69) is 53.9 Å². The van der Waals surface area contributed by atoms with Gasteiger partial charge in [-0.15, -0.1) is 0 Å². The molecule has 1 aromatic carbocycles. The topological polar surface area (TPSA) is 23.5 Å². The van der Waals surface area contributed by atoms with Gasteiger partial charge in [-0.25, -0.2) is 0 Å². The third-order valence-electron chi connectivity index (χ3n) is 3.16. The molecule has 0 aliphatic carbocycles. The maximum atomic E-state index is 9.57. The number of benzene rings is 1. The lowest BCUT2D eigenvalue weighted by Gasteiger charge is -2.23. The van der Waals surface area contributed by atoms with Crippen LogP contribution in [0.25, 0.3) is 0 Å². The average Bonchev–Trinajstić information content (AvgIpc) is 2.28. The highest BCUT2D eigenvalue weighted by Crippen LogP contribution is 2.28. The van der Waals surface area contributed by atoms with E-state index >= 15 is 0 Å². The van der Waals surface area contributed by atoms with E-state index in [9.17, 15) is 5.11 Å². The summed E-state index contributed by atoms with van der Waals surface area (Å²) in [6.45, 7) is 7.31. The van der Waals surface area contributed by atoms with Gasteiger partial charge >= 0.3 is 0 Å². The van der Waals surface area contributed by atoms with Gasteiger partial charge < -0.3 is 10.0 Å². The third-order valence-corrected chi connectivity index (χ3v) is 3.84. The quantitative estimate of drug-likeness (QED) is 0.889. The van der Waals surface area contributed by atoms with Crippen LogP contribution in [0.4, 0.5) is 5.69 Å². The second-order valence-electron chi connectivity index (χ2n) is 4.78. The first-order valence-electron chi connectivity index (χ1n) is 6.14. The van der Waals surface area contributed by atoms with Gasteiger partial charge in [-0.3, -0.25) is 0 Å². The fourth-order valence-electron chi connectivity index (χ4n) is 1.79. The van der Waals surface area contributed by atoms with Crippen molar-refractivity contribution in [3.63, 3.8) is 0 Å². The number of anilines is 1. The van der Waals surface area contributed by atoms with Gasteiger partial charge in [0.2, 0.25) is 0 Å². The van der Waals surface area contributed by atoms with Crippen LogP contribution in [0.15, 0.2) is 22.7 Å². The van der Waals surface area contributed by atoms with Crippen LogP contribution in [0, 0.1) is 5.92 Å². The molecule has 0 saturated heterocycles. The van der Waals surface area contributed by atoms with Gasteiger partial charge in [-0.2, -0.15) is 0 Å². The van der Waals surface area contributed by atoms with Gasteiger partial charge in [-0.1, -0.05) is 42.3 Å². The van der Waals surface area contributed by atoms with Gasteiger partial charge in [0.25, 0.3) is 0 Å². The highest BCUT2D eigenvalue weighted by Gasteiger charge is 2.10. The Kier molecular flexibility index (Phi) is 5.47. The summed E-state index contributed by atoms with van der Waals surface area (Å²) in [5, 5.41) is 9.57. The van der Waals surface area contributed by atoms with Crippen LogP contribution in [0.1, 0.15) is 38.9 Å². The van der Waals surface area contributed by atoms with Crippen molar-refractivity contribution in [2.45, 2.75) is 33.3 Å². The zero-order valence-electron chi connectivity index (χ0n) is 11.1. The lowest BCUT2D eigenvalue weighted by Crippen LogP contribution is -2.23. The van der Waals surface area contributed by atoms with E-state index in [4.69, 9.17) is 0 Å². The summed E-state index contributed by atoms with van der Waals surface area (Å²) in [4.78, 5) is 2.25. The number of nitrogens with zero attached hydrogens (tertiary/aromatic N) is 1. The summed E-state index contributed by atoms with van der Waals surface area (Å²) in [7, 11) is 2.11. The first-order chi connectivity index (χ1) is 7.95. The van der Waals surface area contributed by atoms with Gasteiger partial charge in [0.05, 0.1) is 6.10 Å². The van der Waals surface area contributed by atoms with E-state index < -0.39 is 6.10 Å². The lowest BCUT2D eigenvalue weighted by atomic mass is 10.1. The van der Waals surface area contributed by atoms with Gasteiger partial charge in [0.1, 0.15) is 0 Å². The molecule has 0 saturated carbocycles. The Hall–Kier alpha value is -0.540. The Morgan fingerprint density at radius 3 is 2.47 bits per heavy atom. The van der Waals surface area contributed by atoms with Crippen LogP contribution in [0.2, 0.25) is 0 Å². The smallest absolute Gasteiger partial charge is 0.0772 e. The second-order valence-corrected chi connectivity index (χ2v) is 5.63. The molecule has 0 aliphatic heterocycles. The van der Waals surface area contributed by atoms with Crippen LogP contribution >= 0.6 is 15.9 Å². The number of aliphatic hydroxyl groups excluding tert-OH is 1. The summed E-state index contributed by atoms with van der Waals surface area (Å²) in [5.41, 5.74) is 2.12. The van der Waals surface area contributed by atoms with E-state index in [-0.39, 0.29) is 0 Å². The van der Waals surface area contributed by atoms with Crippen LogP contribution in [-0.2, 0) is 0 Å². The summed E-state index contributed by atoms with van der Waals surface area (Å²) >= 11 is 3.51. The van der Waals surface area contributed by atoms with Crippen molar-refractivity contribution in [2.24, 2.45) is 5.92 Å². The molecule has 1 N–H and O–H groups in total. The van der Waals surface area contributed by atoms with Crippen LogP contribution < -0.4 is 4.90 Å². The molecule has 0 aliphatic rings. The zero-order chi connectivity index (χ0) is 13.0. The zero-order valence-corrected chi connectivity index (χ0v) is 12.7. The van der Waals surface area contributed by atoms with Crippen molar-refractivity contribution in [1.82, 2.24) is 0 Å². The van der Waals surface area contributed by atoms with Crippen molar-refractivity contribution in [2.75, 3.05) is 18.5 Å². The largest absolute Gasteiger partial charge is 0.389 e. The molecule has 1 unspecified atom stereocenters. The Labute approximate surface area is 113 Å². The molecule has 1 aromatic rings. The maximum Gasteiger partial charge on any atom is 0.0772 e. The average molecular weight is 300 g/mol. The van der Waals surface area contributed by atoms with E-state index in [1.54, 1.807) is 6.92 Å². The fraction of sp³-hybridized carbons (Fsp3) is 0.571. The molecule has 0 radical (unpaired) electrons. The van der Waals surface area contributed by atoms with E-state index in [1.807, 2.05) is 6.07 Å². The summed E-state index contributed by atoms with van der Waals surface area (Å²) in [6.07, 6.45) is 0.760. The monoisotopic (exact) mass is 299 g/mol. The molecule has 0 heterocycles. The number of hydrogen-bond donors (Lipinski definition) is 1. The fourth-order valence-corrected chi connectivity index (χ4v) is 2.49. The standard InChI is InChI=1S/C14H22BrNO/c1-5-10(2)9-16(4)12-6-7-13(11(3)17)14(15)8-12/h6-8,10-11,17H,5,9H2,1-4H3/t10?,11-/m1/s1. The van der Waals surface area contributed by atoms with Crippen LogP contribution in [0.3, 0.4) is 0 Å². The summed E-state index contributed by atoms with van der Waals surface area (Å²) in [5.74, 6) is 0.690. The minimum absolute atomic E-state index is 0.432. The van der Waals surface area contributed by atoms with Crippen LogP contribution in [-0.4, -0.2) is 18.7 Å². The first kappa shape index (κ1) is 14.5. The predicted octanol–water partition coefficient (Wildman–Crippen LogP) is 3.98. The van der Waals surface area contributed by atoms with Crippen molar-refractivity contribution in [3.8, 4) is 0 Å². The minimum Gasteiger partial charge on any atom is -0.389 e. The van der Waals surface area contributed by atoms with Crippen molar-refractivity contribution < 1.29 is 5.11 Å². The molecular weight excluding hydrogens is 278 g/mol. The van der Waals surface area contributed by atoms with Gasteiger partial charge in [0, 0.05) is 23.8 Å². The first-order valence-corrected chi connectivity index (χ1v) is 6.93. The predicted molar refractivity (Wildman–Crippen MR) is 77.5 cm³/mol. The summed E-state index contributed by atoms with van der Waals surface area (Å²) < 4.78 is 0.973. The number of rotatable bonds is 5. The van der Waals surface area contributed by atoms with Crippen molar-refractivity contribution >= 4 is 21.6 Å². The van der Waals surface area contributed by atoms with Gasteiger partial charge in [-0.05, 0) is 30.5 Å². The molecule has 3 heteroatoms. The Morgan fingerprint density at radius 1 is 1.35 bits per heavy atom. The SMILES string of the molecule is CCC(C)CN(C)c1ccc([C@@H](C)O)c(Br)c1. The van der Waals surface area contributed by atoms with Gasteiger partial charge in [0.15, 0.2) is 0 Å². The minimum atomic E-state index is -0.432. The Balaban J connectivity index is 2.82. The normalized spacial score (nSPS) is 14.5. The molecular formula is C14H22BrNO. The number of aliphatic hydroxyl groups is 1. The highest BCUT2D eigenvalue weighted by atomic mass is 79.9. The Morgan fingerprint density at radius 2 is 2.00 bits per heavy atom. The van der Waals surface area contributed by atoms with E-state index in [0.717, 1.165) is 16.6 Å². The highest BCUT2D eigenvalue weighted by molar-refractivity contribution is 9.10. The molecule has 0 spiro atoms. The molecule has 2 atom stereocenters. The third kappa shape index (κ3) is 4.00. The molecule has 1 rings (SSSR count). The molecule has 0 amide bonds. The molecule has 0 aromatic heterocycles. The molecule has 0 bridgehead atoms. The van der Waals surface area contributed by atoms with Crippen molar-refractivity contribution in [3.05, 3.63) is 28.2 Å². The molecule has 2 nitrogen and oxygen atoms in total. The molecule has 96 valence electrons. The van der Waals surface area contributed by atoms with Crippen LogP contribution in [0.5, 0.6) is 0 Å². The maximum absolute atomic E-state index is 9.57. The molecule has 0 fully saturated rings. The second kappa shape index (κ2) is 6.41. The van der Waals surface area contributed by atoms with Crippen molar-refractivity contribution in [1.29, 1.82) is 0 Å². The van der Waals surface area contributed by atoms with E-state index in [1.165, 1.54) is 12.1 Å². The Bertz CT molecular complexity index is 365. The number of halogens is 1. The molecule has 17 heavy (non-hydrogen) atoms. The number of hydrogen-bond acceptors (Lipinski definition) is 2.